The van der Waals surface area contributed by atoms with Crippen molar-refractivity contribution in [3.63, 3.8) is 0 Å². The molecule has 1 aliphatic rings. The number of halogens is 1. The van der Waals surface area contributed by atoms with Crippen LogP contribution in [0.2, 0.25) is 0 Å². The Morgan fingerprint density at radius 1 is 1.35 bits per heavy atom. The van der Waals surface area contributed by atoms with Crippen LogP contribution in [0.5, 0.6) is 0 Å². The lowest BCUT2D eigenvalue weighted by molar-refractivity contribution is 0.313. The zero-order chi connectivity index (χ0) is 14.7. The molecule has 1 aromatic carbocycles. The van der Waals surface area contributed by atoms with E-state index in [1.54, 1.807) is 0 Å². The van der Waals surface area contributed by atoms with Gasteiger partial charge in [-0.25, -0.2) is 0 Å². The SMILES string of the molecule is CCC1CCC(N(C)c2ccc(Br)cc2C(N)=S)CC1. The fourth-order valence-corrected chi connectivity index (χ4v) is 3.67. The molecular weight excluding hydrogens is 332 g/mol. The molecule has 0 aromatic heterocycles. The van der Waals surface area contributed by atoms with Crippen molar-refractivity contribution >= 4 is 38.8 Å². The van der Waals surface area contributed by atoms with E-state index in [-0.39, 0.29) is 0 Å². The Hall–Kier alpha value is -0.610. The van der Waals surface area contributed by atoms with Crippen LogP contribution in [0.3, 0.4) is 0 Å². The van der Waals surface area contributed by atoms with Gasteiger partial charge in [-0.1, -0.05) is 41.5 Å². The maximum atomic E-state index is 5.88. The summed E-state index contributed by atoms with van der Waals surface area (Å²) >= 11 is 8.69. The standard InChI is InChI=1S/C16H23BrN2S/c1-3-11-4-7-13(8-5-11)19(2)15-9-6-12(17)10-14(15)16(18)20/h6,9-11,13H,3-5,7-8H2,1-2H3,(H2,18,20). The third-order valence-electron chi connectivity index (χ3n) is 4.55. The summed E-state index contributed by atoms with van der Waals surface area (Å²) in [6, 6.07) is 6.80. The molecule has 0 saturated heterocycles. The predicted molar refractivity (Wildman–Crippen MR) is 94.5 cm³/mol. The van der Waals surface area contributed by atoms with Crippen LogP contribution in [-0.2, 0) is 0 Å². The molecule has 110 valence electrons. The highest BCUT2D eigenvalue weighted by Gasteiger charge is 2.24. The largest absolute Gasteiger partial charge is 0.389 e. The van der Waals surface area contributed by atoms with Gasteiger partial charge in [0.1, 0.15) is 4.99 Å². The van der Waals surface area contributed by atoms with Gasteiger partial charge in [-0.2, -0.15) is 0 Å². The van der Waals surface area contributed by atoms with Gasteiger partial charge in [0.05, 0.1) is 0 Å². The number of nitrogens with zero attached hydrogens (tertiary/aromatic N) is 1. The zero-order valence-electron chi connectivity index (χ0n) is 12.2. The number of nitrogens with two attached hydrogens (primary N) is 1. The summed E-state index contributed by atoms with van der Waals surface area (Å²) in [5, 5.41) is 0. The first-order valence-electron chi connectivity index (χ1n) is 7.35. The van der Waals surface area contributed by atoms with Gasteiger partial charge in [0, 0.05) is 28.8 Å². The van der Waals surface area contributed by atoms with Gasteiger partial charge >= 0.3 is 0 Å². The summed E-state index contributed by atoms with van der Waals surface area (Å²) in [7, 11) is 2.17. The first-order chi connectivity index (χ1) is 9.52. The number of benzene rings is 1. The summed E-state index contributed by atoms with van der Waals surface area (Å²) in [4.78, 5) is 2.84. The molecule has 0 amide bonds. The lowest BCUT2D eigenvalue weighted by Crippen LogP contribution is -2.36. The number of rotatable bonds is 4. The molecule has 1 aromatic rings. The van der Waals surface area contributed by atoms with E-state index >= 15 is 0 Å². The lowest BCUT2D eigenvalue weighted by atomic mass is 9.84. The van der Waals surface area contributed by atoms with Crippen molar-refractivity contribution in [2.75, 3.05) is 11.9 Å². The van der Waals surface area contributed by atoms with Crippen LogP contribution in [0, 0.1) is 5.92 Å². The summed E-state index contributed by atoms with van der Waals surface area (Å²) in [5.41, 5.74) is 8.00. The Labute approximate surface area is 135 Å². The van der Waals surface area contributed by atoms with E-state index in [4.69, 9.17) is 18.0 Å². The molecule has 0 bridgehead atoms. The van der Waals surface area contributed by atoms with Crippen LogP contribution in [0.25, 0.3) is 0 Å². The highest BCUT2D eigenvalue weighted by molar-refractivity contribution is 9.10. The van der Waals surface area contributed by atoms with Gasteiger partial charge in [0.15, 0.2) is 0 Å². The van der Waals surface area contributed by atoms with E-state index in [2.05, 4.69) is 46.9 Å². The van der Waals surface area contributed by atoms with Crippen LogP contribution in [-0.4, -0.2) is 18.1 Å². The summed E-state index contributed by atoms with van der Waals surface area (Å²) in [6.45, 7) is 2.30. The van der Waals surface area contributed by atoms with Crippen molar-refractivity contribution in [2.24, 2.45) is 11.7 Å². The third-order valence-corrected chi connectivity index (χ3v) is 5.26. The molecule has 0 heterocycles. The van der Waals surface area contributed by atoms with Gasteiger partial charge in [-0.15, -0.1) is 0 Å². The molecular formula is C16H23BrN2S. The number of hydrogen-bond donors (Lipinski definition) is 1. The van der Waals surface area contributed by atoms with Gasteiger partial charge in [-0.05, 0) is 49.8 Å². The Morgan fingerprint density at radius 2 is 2.00 bits per heavy atom. The maximum Gasteiger partial charge on any atom is 0.106 e. The molecule has 2 N–H and O–H groups in total. The number of thiocarbonyl (C=S) groups is 1. The fraction of sp³-hybridized carbons (Fsp3) is 0.562. The Morgan fingerprint density at radius 3 is 2.55 bits per heavy atom. The molecule has 0 aliphatic heterocycles. The Kier molecular flexibility index (Phi) is 5.44. The van der Waals surface area contributed by atoms with E-state index in [1.165, 1.54) is 32.1 Å². The second-order valence-corrected chi connectivity index (χ2v) is 7.07. The van der Waals surface area contributed by atoms with Gasteiger partial charge < -0.3 is 10.6 Å². The summed E-state index contributed by atoms with van der Waals surface area (Å²) < 4.78 is 1.02. The van der Waals surface area contributed by atoms with E-state index in [0.29, 0.717) is 11.0 Å². The van der Waals surface area contributed by atoms with Crippen LogP contribution in [0.15, 0.2) is 22.7 Å². The molecule has 0 atom stereocenters. The van der Waals surface area contributed by atoms with Crippen LogP contribution in [0.4, 0.5) is 5.69 Å². The predicted octanol–water partition coefficient (Wildman–Crippen LogP) is 4.49. The Balaban J connectivity index is 2.17. The summed E-state index contributed by atoms with van der Waals surface area (Å²) in [6.07, 6.45) is 6.52. The van der Waals surface area contributed by atoms with Crippen molar-refractivity contribution < 1.29 is 0 Å². The highest BCUT2D eigenvalue weighted by atomic mass is 79.9. The Bertz CT molecular complexity index is 481. The smallest absolute Gasteiger partial charge is 0.106 e. The molecule has 20 heavy (non-hydrogen) atoms. The van der Waals surface area contributed by atoms with Gasteiger partial charge in [-0.3, -0.25) is 0 Å². The average Bonchev–Trinajstić information content (AvgIpc) is 2.46. The van der Waals surface area contributed by atoms with Crippen LogP contribution >= 0.6 is 28.1 Å². The quantitative estimate of drug-likeness (QED) is 0.807. The van der Waals surface area contributed by atoms with E-state index in [9.17, 15) is 0 Å². The summed E-state index contributed by atoms with van der Waals surface area (Å²) in [5.74, 6) is 0.916. The first-order valence-corrected chi connectivity index (χ1v) is 8.55. The number of anilines is 1. The topological polar surface area (TPSA) is 29.3 Å². The zero-order valence-corrected chi connectivity index (χ0v) is 14.6. The normalized spacial score (nSPS) is 22.6. The molecule has 0 radical (unpaired) electrons. The average molecular weight is 355 g/mol. The van der Waals surface area contributed by atoms with Gasteiger partial charge in [0.25, 0.3) is 0 Å². The van der Waals surface area contributed by atoms with E-state index in [1.807, 2.05) is 6.07 Å². The molecule has 1 aliphatic carbocycles. The highest BCUT2D eigenvalue weighted by Crippen LogP contribution is 2.33. The van der Waals surface area contributed by atoms with Crippen molar-refractivity contribution in [1.82, 2.24) is 0 Å². The number of hydrogen-bond acceptors (Lipinski definition) is 2. The van der Waals surface area contributed by atoms with E-state index in [0.717, 1.165) is 21.6 Å². The second kappa shape index (κ2) is 6.90. The third kappa shape index (κ3) is 3.53. The minimum atomic E-state index is 0.468. The molecule has 1 saturated carbocycles. The minimum absolute atomic E-state index is 0.468. The van der Waals surface area contributed by atoms with Crippen molar-refractivity contribution in [3.8, 4) is 0 Å². The molecule has 1 fully saturated rings. The second-order valence-electron chi connectivity index (χ2n) is 5.72. The fourth-order valence-electron chi connectivity index (χ4n) is 3.15. The first kappa shape index (κ1) is 15.8. The minimum Gasteiger partial charge on any atom is -0.389 e. The lowest BCUT2D eigenvalue weighted by Gasteiger charge is -2.36. The van der Waals surface area contributed by atoms with Crippen molar-refractivity contribution in [3.05, 3.63) is 28.2 Å². The molecule has 4 heteroatoms. The van der Waals surface area contributed by atoms with Crippen molar-refractivity contribution in [1.29, 1.82) is 0 Å². The van der Waals surface area contributed by atoms with Crippen LogP contribution in [0.1, 0.15) is 44.6 Å². The monoisotopic (exact) mass is 354 g/mol. The molecule has 0 spiro atoms. The van der Waals surface area contributed by atoms with Crippen molar-refractivity contribution in [2.45, 2.75) is 45.1 Å². The van der Waals surface area contributed by atoms with Gasteiger partial charge in [0.2, 0.25) is 0 Å². The maximum absolute atomic E-state index is 5.88. The van der Waals surface area contributed by atoms with E-state index < -0.39 is 0 Å². The molecule has 2 nitrogen and oxygen atoms in total. The van der Waals surface area contributed by atoms with Crippen LogP contribution < -0.4 is 10.6 Å². The molecule has 0 unspecified atom stereocenters. The molecule has 2 rings (SSSR count).